The van der Waals surface area contributed by atoms with Crippen molar-refractivity contribution in [3.05, 3.63) is 0 Å². The molecule has 0 aliphatic carbocycles. The summed E-state index contributed by atoms with van der Waals surface area (Å²) in [6.07, 6.45) is 0.669. The molecule has 0 aliphatic heterocycles. The van der Waals surface area contributed by atoms with Gasteiger partial charge in [0.2, 0.25) is 0 Å². The monoisotopic (exact) mass is 294 g/mol. The van der Waals surface area contributed by atoms with Crippen LogP contribution >= 0.6 is 0 Å². The first kappa shape index (κ1) is 17.8. The van der Waals surface area contributed by atoms with Crippen LogP contribution in [0.25, 0.3) is 0 Å². The molecule has 6 N–H and O–H groups in total. The molecular weight excluding hydrogens is 262 g/mol. The summed E-state index contributed by atoms with van der Waals surface area (Å²) < 4.78 is 7.02. The molecule has 122 valence electrons. The SMILES string of the molecule is [2H]CCCCCCCCNC[C@H](O)[C@@H](O)[C@H](O)[C@H](O)CO. The van der Waals surface area contributed by atoms with E-state index in [0.717, 1.165) is 38.5 Å². The normalized spacial score (nSPS) is 18.4. The average molecular weight is 294 g/mol. The second kappa shape index (κ2) is 12.5. The van der Waals surface area contributed by atoms with Gasteiger partial charge >= 0.3 is 0 Å². The van der Waals surface area contributed by atoms with E-state index in [1.807, 2.05) is 0 Å². The summed E-state index contributed by atoms with van der Waals surface area (Å²) in [6.45, 7) is 0.660. The fourth-order valence-electron chi connectivity index (χ4n) is 1.89. The van der Waals surface area contributed by atoms with Crippen LogP contribution in [0.1, 0.15) is 46.8 Å². The molecule has 0 saturated carbocycles. The lowest BCUT2D eigenvalue weighted by molar-refractivity contribution is -0.113. The first-order chi connectivity index (χ1) is 10.0. The molecule has 6 nitrogen and oxygen atoms in total. The molecule has 0 aromatic heterocycles. The van der Waals surface area contributed by atoms with Crippen molar-refractivity contribution < 1.29 is 26.9 Å². The van der Waals surface area contributed by atoms with Crippen LogP contribution in [-0.2, 0) is 0 Å². The quantitative estimate of drug-likeness (QED) is 0.252. The third kappa shape index (κ3) is 8.84. The largest absolute Gasteiger partial charge is 0.394 e. The maximum atomic E-state index is 9.65. The Morgan fingerprint density at radius 2 is 1.50 bits per heavy atom. The number of rotatable bonds is 13. The topological polar surface area (TPSA) is 113 Å². The van der Waals surface area contributed by atoms with Gasteiger partial charge in [-0.25, -0.2) is 0 Å². The number of unbranched alkanes of at least 4 members (excludes halogenated alkanes) is 5. The summed E-state index contributed by atoms with van der Waals surface area (Å²) >= 11 is 0. The van der Waals surface area contributed by atoms with E-state index in [-0.39, 0.29) is 6.54 Å². The standard InChI is InChI=1S/C14H31NO5/c1-2-3-4-5-6-7-8-15-9-11(17)13(19)14(20)12(18)10-16/h11-20H,2-10H2,1H3/t11-,12+,13+,14+/m0/s1/i1D. The summed E-state index contributed by atoms with van der Waals surface area (Å²) in [5.41, 5.74) is 0. The minimum Gasteiger partial charge on any atom is -0.394 e. The molecule has 0 unspecified atom stereocenters. The predicted molar refractivity (Wildman–Crippen MR) is 77.4 cm³/mol. The zero-order valence-electron chi connectivity index (χ0n) is 13.1. The highest BCUT2D eigenvalue weighted by molar-refractivity contribution is 4.81. The van der Waals surface area contributed by atoms with Gasteiger partial charge in [-0.05, 0) is 13.0 Å². The summed E-state index contributed by atoms with van der Waals surface area (Å²) in [6, 6.07) is 0. The van der Waals surface area contributed by atoms with Gasteiger partial charge in [-0.2, -0.15) is 0 Å². The van der Waals surface area contributed by atoms with E-state index in [2.05, 4.69) is 5.32 Å². The van der Waals surface area contributed by atoms with E-state index in [9.17, 15) is 20.4 Å². The van der Waals surface area contributed by atoms with Crippen LogP contribution in [0.2, 0.25) is 0 Å². The van der Waals surface area contributed by atoms with E-state index in [4.69, 9.17) is 6.48 Å². The van der Waals surface area contributed by atoms with Crippen molar-refractivity contribution in [1.29, 1.82) is 0 Å². The molecule has 0 saturated heterocycles. The number of aliphatic hydroxyl groups is 5. The zero-order valence-corrected chi connectivity index (χ0v) is 12.1. The van der Waals surface area contributed by atoms with Gasteiger partial charge in [0.15, 0.2) is 0 Å². The van der Waals surface area contributed by atoms with Crippen LogP contribution in [0.15, 0.2) is 0 Å². The van der Waals surface area contributed by atoms with E-state index in [0.29, 0.717) is 13.4 Å². The molecule has 0 spiro atoms. The molecule has 0 amide bonds. The Kier molecular flexibility index (Phi) is 11.1. The Bertz CT molecular complexity index is 235. The highest BCUT2D eigenvalue weighted by atomic mass is 16.4. The van der Waals surface area contributed by atoms with Crippen LogP contribution < -0.4 is 5.32 Å². The smallest absolute Gasteiger partial charge is 0.111 e. The Morgan fingerprint density at radius 3 is 2.15 bits per heavy atom. The lowest BCUT2D eigenvalue weighted by Crippen LogP contribution is -2.49. The van der Waals surface area contributed by atoms with E-state index in [1.165, 1.54) is 0 Å². The second-order valence-electron chi connectivity index (χ2n) is 5.12. The van der Waals surface area contributed by atoms with Crippen molar-refractivity contribution in [2.45, 2.75) is 69.8 Å². The lowest BCUT2D eigenvalue weighted by Gasteiger charge is -2.25. The van der Waals surface area contributed by atoms with Gasteiger partial charge in [0, 0.05) is 7.92 Å². The fraction of sp³-hybridized carbons (Fsp3) is 1.00. The molecule has 4 atom stereocenters. The summed E-state index contributed by atoms with van der Waals surface area (Å²) in [5, 5.41) is 49.5. The molecule has 0 rings (SSSR count). The third-order valence-electron chi connectivity index (χ3n) is 3.28. The first-order valence-corrected chi connectivity index (χ1v) is 7.37. The average Bonchev–Trinajstić information content (AvgIpc) is 2.50. The van der Waals surface area contributed by atoms with Gasteiger partial charge in [-0.15, -0.1) is 0 Å². The number of hydrogen-bond donors (Lipinski definition) is 6. The maximum absolute atomic E-state index is 9.65. The number of aliphatic hydroxyl groups excluding tert-OH is 5. The Morgan fingerprint density at radius 1 is 0.900 bits per heavy atom. The molecule has 0 heterocycles. The minimum absolute atomic E-state index is 0.120. The molecule has 6 heteroatoms. The number of nitrogens with one attached hydrogen (secondary N) is 1. The van der Waals surface area contributed by atoms with Gasteiger partial charge in [0.1, 0.15) is 18.3 Å². The Balaban J connectivity index is 3.54. The van der Waals surface area contributed by atoms with Crippen LogP contribution in [0, 0.1) is 0 Å². The van der Waals surface area contributed by atoms with Gasteiger partial charge < -0.3 is 30.8 Å². The molecule has 0 aromatic rings. The third-order valence-corrected chi connectivity index (χ3v) is 3.28. The molecule has 20 heavy (non-hydrogen) atoms. The van der Waals surface area contributed by atoms with Gasteiger partial charge in [0.25, 0.3) is 0 Å². The Hall–Kier alpha value is -0.240. The summed E-state index contributed by atoms with van der Waals surface area (Å²) in [7, 11) is 0. The molecule has 0 aliphatic rings. The van der Waals surface area contributed by atoms with Crippen LogP contribution in [0.3, 0.4) is 0 Å². The lowest BCUT2D eigenvalue weighted by atomic mass is 10.0. The molecule has 0 fully saturated rings. The zero-order chi connectivity index (χ0) is 16.1. The predicted octanol–water partition coefficient (Wildman–Crippen LogP) is -0.628. The van der Waals surface area contributed by atoms with Crippen molar-refractivity contribution in [2.75, 3.05) is 19.7 Å². The van der Waals surface area contributed by atoms with Gasteiger partial charge in [-0.1, -0.05) is 39.0 Å². The molecular formula is C14H31NO5. The second-order valence-corrected chi connectivity index (χ2v) is 5.12. The van der Waals surface area contributed by atoms with E-state index in [1.54, 1.807) is 0 Å². The van der Waals surface area contributed by atoms with Crippen molar-refractivity contribution in [3.8, 4) is 0 Å². The molecule has 0 bridgehead atoms. The first-order valence-electron chi connectivity index (χ1n) is 8.08. The maximum Gasteiger partial charge on any atom is 0.111 e. The van der Waals surface area contributed by atoms with Crippen molar-refractivity contribution in [2.24, 2.45) is 0 Å². The number of hydrogen-bond acceptors (Lipinski definition) is 6. The summed E-state index contributed by atoms with van der Waals surface area (Å²) in [4.78, 5) is 0. The van der Waals surface area contributed by atoms with Crippen molar-refractivity contribution >= 4 is 0 Å². The summed E-state index contributed by atoms with van der Waals surface area (Å²) in [5.74, 6) is 0. The Labute approximate surface area is 122 Å². The van der Waals surface area contributed by atoms with E-state index >= 15 is 0 Å². The minimum atomic E-state index is -1.57. The van der Waals surface area contributed by atoms with Crippen LogP contribution in [0.4, 0.5) is 0 Å². The van der Waals surface area contributed by atoms with Crippen molar-refractivity contribution in [1.82, 2.24) is 5.32 Å². The van der Waals surface area contributed by atoms with Crippen LogP contribution in [0.5, 0.6) is 0 Å². The molecule has 0 radical (unpaired) electrons. The molecule has 0 aromatic carbocycles. The van der Waals surface area contributed by atoms with Gasteiger partial charge in [0.05, 0.1) is 12.7 Å². The highest BCUT2D eigenvalue weighted by Crippen LogP contribution is 2.06. The van der Waals surface area contributed by atoms with E-state index < -0.39 is 31.0 Å². The fourth-order valence-corrected chi connectivity index (χ4v) is 1.89. The van der Waals surface area contributed by atoms with Crippen molar-refractivity contribution in [3.63, 3.8) is 0 Å². The van der Waals surface area contributed by atoms with Crippen LogP contribution in [-0.4, -0.2) is 69.6 Å². The van der Waals surface area contributed by atoms with Gasteiger partial charge in [-0.3, -0.25) is 0 Å². The highest BCUT2D eigenvalue weighted by Gasteiger charge is 2.29.